The molecule has 0 aromatic carbocycles. The highest BCUT2D eigenvalue weighted by atomic mass is 35.5. The van der Waals surface area contributed by atoms with Gasteiger partial charge in [-0.15, -0.1) is 11.6 Å². The van der Waals surface area contributed by atoms with Crippen molar-refractivity contribution in [3.8, 4) is 0 Å². The third-order valence-electron chi connectivity index (χ3n) is 2.75. The number of halogens is 1. The number of nitrogen functional groups attached to an aromatic ring is 1. The Labute approximate surface area is 100 Å². The van der Waals surface area contributed by atoms with Crippen molar-refractivity contribution in [2.24, 2.45) is 5.92 Å². The molecule has 1 aromatic rings. The number of hydrogen-bond acceptors (Lipinski definition) is 5. The van der Waals surface area contributed by atoms with Crippen LogP contribution in [0.5, 0.6) is 0 Å². The third kappa shape index (κ3) is 2.52. The zero-order valence-electron chi connectivity index (χ0n) is 9.36. The van der Waals surface area contributed by atoms with E-state index in [9.17, 15) is 0 Å². The van der Waals surface area contributed by atoms with Gasteiger partial charge in [0.1, 0.15) is 0 Å². The van der Waals surface area contributed by atoms with Crippen molar-refractivity contribution in [2.45, 2.75) is 25.6 Å². The number of aromatic nitrogens is 3. The molecule has 2 N–H and O–H groups in total. The average Bonchev–Trinajstić information content (AvgIpc) is 2.28. The molecule has 1 aliphatic rings. The first kappa shape index (κ1) is 11.4. The lowest BCUT2D eigenvalue weighted by Gasteiger charge is -2.30. The summed E-state index contributed by atoms with van der Waals surface area (Å²) < 4.78 is 0. The highest BCUT2D eigenvalue weighted by molar-refractivity contribution is 6.16. The molecule has 1 aliphatic heterocycles. The summed E-state index contributed by atoms with van der Waals surface area (Å²) in [5.41, 5.74) is 5.63. The summed E-state index contributed by atoms with van der Waals surface area (Å²) in [5.74, 6) is 2.39. The zero-order chi connectivity index (χ0) is 11.5. The predicted molar refractivity (Wildman–Crippen MR) is 64.4 cm³/mol. The molecule has 16 heavy (non-hydrogen) atoms. The van der Waals surface area contributed by atoms with Crippen LogP contribution in [0, 0.1) is 5.92 Å². The molecule has 1 saturated heterocycles. The minimum absolute atomic E-state index is 0.249. The molecule has 5 nitrogen and oxygen atoms in total. The van der Waals surface area contributed by atoms with Crippen LogP contribution < -0.4 is 10.6 Å². The van der Waals surface area contributed by atoms with Crippen LogP contribution in [0.15, 0.2) is 0 Å². The molecule has 2 rings (SSSR count). The number of nitrogens with zero attached hydrogens (tertiary/aromatic N) is 4. The van der Waals surface area contributed by atoms with Crippen molar-refractivity contribution >= 4 is 23.5 Å². The zero-order valence-corrected chi connectivity index (χ0v) is 10.1. The number of anilines is 2. The number of alkyl halides is 1. The molecule has 1 aromatic heterocycles. The van der Waals surface area contributed by atoms with E-state index in [0.717, 1.165) is 13.1 Å². The molecule has 0 saturated carbocycles. The van der Waals surface area contributed by atoms with E-state index in [2.05, 4.69) is 26.8 Å². The van der Waals surface area contributed by atoms with Crippen LogP contribution in [0.4, 0.5) is 11.9 Å². The van der Waals surface area contributed by atoms with E-state index >= 15 is 0 Å². The van der Waals surface area contributed by atoms with Gasteiger partial charge in [-0.2, -0.15) is 15.0 Å². The van der Waals surface area contributed by atoms with Crippen LogP contribution in [0.3, 0.4) is 0 Å². The molecule has 1 fully saturated rings. The molecule has 1 atom stereocenters. The SMILES string of the molecule is CC1CCCN(c2nc(N)nc(CCl)n2)C1. The highest BCUT2D eigenvalue weighted by Gasteiger charge is 2.19. The quantitative estimate of drug-likeness (QED) is 0.794. The Morgan fingerprint density at radius 2 is 2.25 bits per heavy atom. The van der Waals surface area contributed by atoms with E-state index in [0.29, 0.717) is 17.7 Å². The summed E-state index contributed by atoms with van der Waals surface area (Å²) in [4.78, 5) is 14.6. The lowest BCUT2D eigenvalue weighted by molar-refractivity contribution is 0.441. The van der Waals surface area contributed by atoms with E-state index in [1.807, 2.05) is 0 Å². The maximum atomic E-state index is 5.71. The predicted octanol–water partition coefficient (Wildman–Crippen LogP) is 1.43. The molecule has 2 heterocycles. The van der Waals surface area contributed by atoms with Crippen molar-refractivity contribution in [1.82, 2.24) is 15.0 Å². The fraction of sp³-hybridized carbons (Fsp3) is 0.700. The van der Waals surface area contributed by atoms with E-state index in [1.165, 1.54) is 12.8 Å². The minimum atomic E-state index is 0.249. The van der Waals surface area contributed by atoms with Crippen LogP contribution in [-0.4, -0.2) is 28.0 Å². The van der Waals surface area contributed by atoms with Crippen LogP contribution in [0.2, 0.25) is 0 Å². The largest absolute Gasteiger partial charge is 0.368 e. The minimum Gasteiger partial charge on any atom is -0.368 e. The summed E-state index contributed by atoms with van der Waals surface area (Å²) in [7, 11) is 0. The summed E-state index contributed by atoms with van der Waals surface area (Å²) in [5, 5.41) is 0. The molecule has 0 aliphatic carbocycles. The first-order valence-corrected chi connectivity index (χ1v) is 6.04. The Balaban J connectivity index is 2.21. The second-order valence-electron chi connectivity index (χ2n) is 4.24. The normalized spacial score (nSPS) is 21.1. The molecular formula is C10H16ClN5. The Morgan fingerprint density at radius 1 is 1.44 bits per heavy atom. The van der Waals surface area contributed by atoms with Gasteiger partial charge in [-0.1, -0.05) is 6.92 Å². The lowest BCUT2D eigenvalue weighted by Crippen LogP contribution is -2.35. The monoisotopic (exact) mass is 241 g/mol. The Hall–Kier alpha value is -1.10. The molecule has 0 bridgehead atoms. The lowest BCUT2D eigenvalue weighted by atomic mass is 10.0. The Morgan fingerprint density at radius 3 is 2.94 bits per heavy atom. The number of piperidine rings is 1. The molecule has 0 amide bonds. The van der Waals surface area contributed by atoms with Gasteiger partial charge in [-0.25, -0.2) is 0 Å². The fourth-order valence-corrected chi connectivity index (χ4v) is 2.12. The van der Waals surface area contributed by atoms with Gasteiger partial charge in [-0.3, -0.25) is 0 Å². The van der Waals surface area contributed by atoms with Gasteiger partial charge in [0.05, 0.1) is 5.88 Å². The second-order valence-corrected chi connectivity index (χ2v) is 4.50. The van der Waals surface area contributed by atoms with Gasteiger partial charge in [0.25, 0.3) is 0 Å². The van der Waals surface area contributed by atoms with Gasteiger partial charge in [-0.05, 0) is 18.8 Å². The fourth-order valence-electron chi connectivity index (χ4n) is 2.00. The first-order valence-electron chi connectivity index (χ1n) is 5.50. The third-order valence-corrected chi connectivity index (χ3v) is 2.99. The topological polar surface area (TPSA) is 67.9 Å². The van der Waals surface area contributed by atoms with E-state index in [1.54, 1.807) is 0 Å². The Bertz CT molecular complexity index is 370. The van der Waals surface area contributed by atoms with Crippen molar-refractivity contribution in [3.05, 3.63) is 5.82 Å². The van der Waals surface area contributed by atoms with Gasteiger partial charge in [0.15, 0.2) is 5.82 Å². The molecular weight excluding hydrogens is 226 g/mol. The van der Waals surface area contributed by atoms with Gasteiger partial charge < -0.3 is 10.6 Å². The Kier molecular flexibility index (Phi) is 3.43. The van der Waals surface area contributed by atoms with E-state index in [-0.39, 0.29) is 11.8 Å². The van der Waals surface area contributed by atoms with E-state index < -0.39 is 0 Å². The smallest absolute Gasteiger partial charge is 0.230 e. The molecule has 1 unspecified atom stereocenters. The molecule has 88 valence electrons. The highest BCUT2D eigenvalue weighted by Crippen LogP contribution is 2.20. The van der Waals surface area contributed by atoms with Gasteiger partial charge in [0.2, 0.25) is 11.9 Å². The molecule has 0 spiro atoms. The molecule has 0 radical (unpaired) electrons. The number of rotatable bonds is 2. The second kappa shape index (κ2) is 4.82. The summed E-state index contributed by atoms with van der Waals surface area (Å²) in [6, 6.07) is 0. The number of hydrogen-bond donors (Lipinski definition) is 1. The van der Waals surface area contributed by atoms with Crippen LogP contribution >= 0.6 is 11.6 Å². The summed E-state index contributed by atoms with van der Waals surface area (Å²) >= 11 is 5.71. The van der Waals surface area contributed by atoms with E-state index in [4.69, 9.17) is 17.3 Å². The summed E-state index contributed by atoms with van der Waals surface area (Å²) in [6.45, 7) is 4.19. The van der Waals surface area contributed by atoms with Crippen molar-refractivity contribution in [2.75, 3.05) is 23.7 Å². The number of nitrogens with two attached hydrogens (primary N) is 1. The average molecular weight is 242 g/mol. The van der Waals surface area contributed by atoms with Crippen LogP contribution in [0.25, 0.3) is 0 Å². The van der Waals surface area contributed by atoms with Crippen molar-refractivity contribution in [1.29, 1.82) is 0 Å². The maximum absolute atomic E-state index is 5.71. The van der Waals surface area contributed by atoms with Crippen LogP contribution in [-0.2, 0) is 5.88 Å². The molecule has 6 heteroatoms. The maximum Gasteiger partial charge on any atom is 0.230 e. The first-order chi connectivity index (χ1) is 7.69. The van der Waals surface area contributed by atoms with Crippen molar-refractivity contribution < 1.29 is 0 Å². The van der Waals surface area contributed by atoms with Crippen LogP contribution in [0.1, 0.15) is 25.6 Å². The van der Waals surface area contributed by atoms with Gasteiger partial charge in [0, 0.05) is 13.1 Å². The standard InChI is InChI=1S/C10H16ClN5/c1-7-3-2-4-16(6-7)10-14-8(5-11)13-9(12)15-10/h7H,2-6H2,1H3,(H2,12,13,14,15). The van der Waals surface area contributed by atoms with Gasteiger partial charge >= 0.3 is 0 Å². The van der Waals surface area contributed by atoms with Crippen molar-refractivity contribution in [3.63, 3.8) is 0 Å². The summed E-state index contributed by atoms with van der Waals surface area (Å²) in [6.07, 6.45) is 2.43.